The zero-order valence-electron chi connectivity index (χ0n) is 26.0. The SMILES string of the molecule is O=S1(=O)CCC(Nc2nccc(-c3sc(N4C5CCC4CNC5)nc3-c3cccc(NS(=O)(=O)c4c(F)cccc4C(F)(F)F)c3F)n2)CC1. The predicted molar refractivity (Wildman–Crippen MR) is 178 cm³/mol. The number of aromatic nitrogens is 3. The van der Waals surface area contributed by atoms with Crippen LogP contribution in [0.15, 0.2) is 53.6 Å². The van der Waals surface area contributed by atoms with Gasteiger partial charge in [-0.15, -0.1) is 0 Å². The van der Waals surface area contributed by atoms with Gasteiger partial charge in [-0.25, -0.2) is 40.6 Å². The number of halogens is 5. The maximum absolute atomic E-state index is 16.4. The molecule has 3 aliphatic heterocycles. The van der Waals surface area contributed by atoms with Gasteiger partial charge in [0.15, 0.2) is 10.9 Å². The fraction of sp³-hybridized carbons (Fsp3) is 0.387. The summed E-state index contributed by atoms with van der Waals surface area (Å²) in [5, 5.41) is 7.16. The lowest BCUT2D eigenvalue weighted by atomic mass is 10.1. The average Bonchev–Trinajstić information content (AvgIpc) is 3.59. The summed E-state index contributed by atoms with van der Waals surface area (Å²) in [4.78, 5) is 14.7. The Morgan fingerprint density at radius 2 is 1.64 bits per heavy atom. The Hall–Kier alpha value is -3.94. The highest BCUT2D eigenvalue weighted by Gasteiger charge is 2.41. The van der Waals surface area contributed by atoms with Crippen molar-refractivity contribution in [1.82, 2.24) is 20.3 Å². The van der Waals surface area contributed by atoms with E-state index in [2.05, 4.69) is 25.5 Å². The Kier molecular flexibility index (Phi) is 8.96. The molecule has 3 saturated heterocycles. The number of sulfonamides is 1. The molecule has 3 N–H and O–H groups in total. The third-order valence-electron chi connectivity index (χ3n) is 9.03. The van der Waals surface area contributed by atoms with Gasteiger partial charge in [0.2, 0.25) is 5.95 Å². The molecular formula is C31H30F5N7O4S3. The predicted octanol–water partition coefficient (Wildman–Crippen LogP) is 5.29. The van der Waals surface area contributed by atoms with Crippen molar-refractivity contribution >= 4 is 48.0 Å². The second-order valence-corrected chi connectivity index (χ2v) is 17.2. The maximum Gasteiger partial charge on any atom is 0.417 e. The first kappa shape index (κ1) is 34.5. The highest BCUT2D eigenvalue weighted by Crippen LogP contribution is 2.45. The number of hydrogen-bond donors (Lipinski definition) is 3. The molecule has 19 heteroatoms. The quantitative estimate of drug-likeness (QED) is 0.203. The topological polar surface area (TPSA) is 146 Å². The van der Waals surface area contributed by atoms with Gasteiger partial charge in [-0.2, -0.15) is 13.2 Å². The number of fused-ring (bicyclic) bond motifs is 2. The van der Waals surface area contributed by atoms with Crippen molar-refractivity contribution in [2.75, 3.05) is 39.5 Å². The van der Waals surface area contributed by atoms with E-state index >= 15 is 4.39 Å². The van der Waals surface area contributed by atoms with Crippen molar-refractivity contribution in [3.8, 4) is 21.8 Å². The van der Waals surface area contributed by atoms with Crippen LogP contribution in [0.3, 0.4) is 0 Å². The third-order valence-corrected chi connectivity index (χ3v) is 13.3. The van der Waals surface area contributed by atoms with E-state index < -0.39 is 53.8 Å². The maximum atomic E-state index is 16.4. The summed E-state index contributed by atoms with van der Waals surface area (Å²) in [7, 11) is -8.37. The summed E-state index contributed by atoms with van der Waals surface area (Å²) in [6, 6.07) is 7.11. The van der Waals surface area contributed by atoms with Crippen LogP contribution in [0.2, 0.25) is 0 Å². The first-order valence-electron chi connectivity index (χ1n) is 15.7. The molecule has 2 aromatic carbocycles. The van der Waals surface area contributed by atoms with E-state index in [1.807, 2.05) is 4.72 Å². The molecule has 2 bridgehead atoms. The average molecular weight is 756 g/mol. The largest absolute Gasteiger partial charge is 0.417 e. The number of sulfone groups is 1. The summed E-state index contributed by atoms with van der Waals surface area (Å²) in [5.74, 6) is -2.49. The van der Waals surface area contributed by atoms with Gasteiger partial charge >= 0.3 is 6.18 Å². The molecule has 5 heterocycles. The van der Waals surface area contributed by atoms with Crippen LogP contribution in [0.4, 0.5) is 38.7 Å². The molecule has 2 atom stereocenters. The minimum Gasteiger partial charge on any atom is -0.351 e. The molecule has 3 fully saturated rings. The van der Waals surface area contributed by atoms with Crippen LogP contribution in [0, 0.1) is 11.6 Å². The molecular weight excluding hydrogens is 726 g/mol. The minimum absolute atomic E-state index is 0.0353. The fourth-order valence-electron chi connectivity index (χ4n) is 6.63. The number of benzene rings is 2. The zero-order chi connectivity index (χ0) is 35.4. The second kappa shape index (κ2) is 13.0. The number of nitrogens with one attached hydrogen (secondary N) is 3. The van der Waals surface area contributed by atoms with E-state index in [4.69, 9.17) is 4.98 Å². The second-order valence-electron chi connectivity index (χ2n) is 12.3. The molecule has 0 spiro atoms. The summed E-state index contributed by atoms with van der Waals surface area (Å²) < 4.78 is 124. The van der Waals surface area contributed by atoms with E-state index in [9.17, 15) is 34.4 Å². The van der Waals surface area contributed by atoms with Gasteiger partial charge in [-0.05, 0) is 56.0 Å². The van der Waals surface area contributed by atoms with Crippen LogP contribution in [-0.4, -0.2) is 74.5 Å². The Bertz CT molecular complexity index is 2140. The van der Waals surface area contributed by atoms with Gasteiger partial charge in [0.05, 0.1) is 39.0 Å². The lowest BCUT2D eigenvalue weighted by Gasteiger charge is -2.35. The molecule has 50 heavy (non-hydrogen) atoms. The van der Waals surface area contributed by atoms with Crippen LogP contribution >= 0.6 is 11.3 Å². The number of anilines is 3. The molecule has 2 aromatic heterocycles. The van der Waals surface area contributed by atoms with Crippen molar-refractivity contribution < 1.29 is 38.8 Å². The summed E-state index contributed by atoms with van der Waals surface area (Å²) in [6.07, 6.45) is -1.12. The van der Waals surface area contributed by atoms with Crippen LogP contribution < -0.4 is 20.3 Å². The molecule has 3 aliphatic rings. The molecule has 2 unspecified atom stereocenters. The number of hydrogen-bond acceptors (Lipinski definition) is 11. The van der Waals surface area contributed by atoms with Gasteiger partial charge < -0.3 is 15.5 Å². The highest BCUT2D eigenvalue weighted by molar-refractivity contribution is 7.92. The molecule has 266 valence electrons. The van der Waals surface area contributed by atoms with E-state index in [0.717, 1.165) is 38.1 Å². The Labute approximate surface area is 288 Å². The third kappa shape index (κ3) is 6.74. The Balaban J connectivity index is 1.28. The molecule has 0 radical (unpaired) electrons. The highest BCUT2D eigenvalue weighted by atomic mass is 32.2. The standard InChI is InChI=1S/C31H30F5N7O4S3/c32-22-5-2-4-21(31(34,35)36)28(22)50(46,47)42-23-6-1-3-20(25(23)33)26-27(48-30(41-26)43-18-7-8-19(43)16-37-15-18)24-9-12-38-29(40-24)39-17-10-13-49(44,45)14-11-17/h1-6,9,12,17-19,37,42H,7-8,10-11,13-16H2,(H,38,39,40). The number of alkyl halides is 3. The Morgan fingerprint density at radius 1 is 0.940 bits per heavy atom. The van der Waals surface area contributed by atoms with E-state index in [-0.39, 0.29) is 46.8 Å². The van der Waals surface area contributed by atoms with Crippen LogP contribution in [0.1, 0.15) is 31.2 Å². The summed E-state index contributed by atoms with van der Waals surface area (Å²) in [5.41, 5.74) is -2.14. The lowest BCUT2D eigenvalue weighted by Crippen LogP contribution is -2.51. The van der Waals surface area contributed by atoms with E-state index in [1.165, 1.54) is 29.7 Å². The van der Waals surface area contributed by atoms with Crippen molar-refractivity contribution in [2.45, 2.75) is 54.9 Å². The van der Waals surface area contributed by atoms with Crippen LogP contribution in [0.25, 0.3) is 21.8 Å². The number of piperazine rings is 1. The van der Waals surface area contributed by atoms with Gasteiger partial charge in [-0.3, -0.25) is 4.72 Å². The Morgan fingerprint density at radius 3 is 2.34 bits per heavy atom. The molecule has 0 saturated carbocycles. The minimum atomic E-state index is -5.27. The molecule has 0 aliphatic carbocycles. The van der Waals surface area contributed by atoms with Crippen molar-refractivity contribution in [1.29, 1.82) is 0 Å². The van der Waals surface area contributed by atoms with Crippen LogP contribution in [0.5, 0.6) is 0 Å². The van der Waals surface area contributed by atoms with Gasteiger partial charge in [0.25, 0.3) is 10.0 Å². The van der Waals surface area contributed by atoms with Gasteiger partial charge in [0.1, 0.15) is 20.5 Å². The lowest BCUT2D eigenvalue weighted by molar-refractivity contribution is -0.140. The van der Waals surface area contributed by atoms with E-state index in [0.29, 0.717) is 40.7 Å². The van der Waals surface area contributed by atoms with Crippen LogP contribution in [-0.2, 0) is 26.0 Å². The van der Waals surface area contributed by atoms with Gasteiger partial charge in [0, 0.05) is 43.0 Å². The van der Waals surface area contributed by atoms with E-state index in [1.54, 1.807) is 6.07 Å². The monoisotopic (exact) mass is 755 g/mol. The summed E-state index contributed by atoms with van der Waals surface area (Å²) >= 11 is 1.26. The molecule has 0 amide bonds. The first-order chi connectivity index (χ1) is 23.7. The molecule has 11 nitrogen and oxygen atoms in total. The van der Waals surface area contributed by atoms with Crippen molar-refractivity contribution in [2.24, 2.45) is 0 Å². The van der Waals surface area contributed by atoms with Crippen molar-refractivity contribution in [3.05, 3.63) is 65.9 Å². The van der Waals surface area contributed by atoms with Crippen molar-refractivity contribution in [3.63, 3.8) is 0 Å². The number of rotatable bonds is 8. The summed E-state index contributed by atoms with van der Waals surface area (Å²) in [6.45, 7) is 1.45. The molecule has 4 aromatic rings. The van der Waals surface area contributed by atoms with Gasteiger partial charge in [-0.1, -0.05) is 23.5 Å². The normalized spacial score (nSPS) is 20.9. The number of nitrogens with zero attached hydrogens (tertiary/aromatic N) is 4. The molecule has 7 rings (SSSR count). The fourth-order valence-corrected chi connectivity index (χ4v) is 10.7. The number of thiazole rings is 1. The first-order valence-corrected chi connectivity index (χ1v) is 19.8. The zero-order valence-corrected chi connectivity index (χ0v) is 28.5. The smallest absolute Gasteiger partial charge is 0.351 e.